The van der Waals surface area contributed by atoms with Crippen LogP contribution < -0.4 is 10.1 Å². The Morgan fingerprint density at radius 3 is 2.26 bits per heavy atom. The molecule has 3 aromatic rings. The highest BCUT2D eigenvalue weighted by Crippen LogP contribution is 2.23. The summed E-state index contributed by atoms with van der Waals surface area (Å²) in [4.78, 5) is 24.5. The van der Waals surface area contributed by atoms with E-state index in [4.69, 9.17) is 4.74 Å². The van der Waals surface area contributed by atoms with Crippen molar-refractivity contribution >= 4 is 22.6 Å². The van der Waals surface area contributed by atoms with E-state index >= 15 is 0 Å². The van der Waals surface area contributed by atoms with Gasteiger partial charge in [0.05, 0.1) is 12.7 Å². The first-order valence-electron chi connectivity index (χ1n) is 9.62. The van der Waals surface area contributed by atoms with E-state index in [1.165, 1.54) is 0 Å². The fraction of sp³-hybridized carbons (Fsp3) is 0.231. The third-order valence-corrected chi connectivity index (χ3v) is 4.81. The largest absolute Gasteiger partial charge is 0.497 e. The molecule has 31 heavy (non-hydrogen) atoms. The minimum absolute atomic E-state index is 0. The quantitative estimate of drug-likeness (QED) is 0.589. The van der Waals surface area contributed by atoms with Crippen molar-refractivity contribution < 1.29 is 19.4 Å². The number of fused-ring (bicyclic) bond motifs is 1. The number of methoxy groups -OCH3 is 1. The Morgan fingerprint density at radius 2 is 1.65 bits per heavy atom. The fourth-order valence-corrected chi connectivity index (χ4v) is 3.14. The van der Waals surface area contributed by atoms with Gasteiger partial charge < -0.3 is 15.2 Å². The molecule has 5 nitrogen and oxygen atoms in total. The molecule has 160 valence electrons. The monoisotopic (exact) mass is 417 g/mol. The topological polar surface area (TPSA) is 75.6 Å². The van der Waals surface area contributed by atoms with Gasteiger partial charge in [-0.2, -0.15) is 0 Å². The van der Waals surface area contributed by atoms with Crippen molar-refractivity contribution in [3.8, 4) is 17.6 Å². The van der Waals surface area contributed by atoms with Crippen LogP contribution in [0.2, 0.25) is 0 Å². The normalized spacial score (nSPS) is 11.1. The number of hydrogen-bond donors (Lipinski definition) is 2. The molecule has 3 rings (SSSR count). The lowest BCUT2D eigenvalue weighted by atomic mass is 9.97. The van der Waals surface area contributed by atoms with Crippen molar-refractivity contribution in [2.45, 2.75) is 27.3 Å². The summed E-state index contributed by atoms with van der Waals surface area (Å²) in [5.74, 6) is 5.18. The van der Waals surface area contributed by atoms with Gasteiger partial charge in [-0.15, -0.1) is 0 Å². The molecule has 0 aliphatic rings. The van der Waals surface area contributed by atoms with Crippen LogP contribution in [0.15, 0.2) is 60.7 Å². The number of carboxylic acids is 1. The number of nitrogens with one attached hydrogen (secondary N) is 1. The van der Waals surface area contributed by atoms with E-state index in [0.29, 0.717) is 11.1 Å². The number of carbonyl (C=O) groups excluding carboxylic acids is 1. The van der Waals surface area contributed by atoms with Crippen LogP contribution in [-0.4, -0.2) is 30.1 Å². The molecule has 0 saturated heterocycles. The number of ether oxygens (including phenoxy) is 1. The zero-order valence-electron chi connectivity index (χ0n) is 17.1. The van der Waals surface area contributed by atoms with Gasteiger partial charge in [-0.1, -0.05) is 63.4 Å². The first-order chi connectivity index (χ1) is 14.4. The summed E-state index contributed by atoms with van der Waals surface area (Å²) in [5.41, 5.74) is 1.69. The minimum atomic E-state index is -1.06. The van der Waals surface area contributed by atoms with Crippen LogP contribution in [-0.2, 0) is 4.79 Å². The molecule has 0 spiro atoms. The van der Waals surface area contributed by atoms with Gasteiger partial charge in [0.25, 0.3) is 5.91 Å². The zero-order chi connectivity index (χ0) is 21.7. The average molecular weight is 418 g/mol. The Bertz CT molecular complexity index is 1140. The van der Waals surface area contributed by atoms with Gasteiger partial charge in [-0.3, -0.25) is 4.79 Å². The smallest absolute Gasteiger partial charge is 0.326 e. The van der Waals surface area contributed by atoms with Crippen LogP contribution in [0.1, 0.15) is 42.8 Å². The van der Waals surface area contributed by atoms with E-state index in [0.717, 1.165) is 22.1 Å². The SMILES string of the molecule is C.COc1ccc(C#Cc2c(C(=O)N[C@H](C(=O)O)C(C)C)ccc3ccccc23)cc1. The van der Waals surface area contributed by atoms with Gasteiger partial charge in [0.15, 0.2) is 0 Å². The summed E-state index contributed by atoms with van der Waals surface area (Å²) >= 11 is 0. The first kappa shape index (κ1) is 23.5. The number of hydrogen-bond acceptors (Lipinski definition) is 3. The molecule has 0 saturated carbocycles. The van der Waals surface area contributed by atoms with Gasteiger partial charge in [-0.05, 0) is 47.0 Å². The molecule has 1 atom stereocenters. The number of aliphatic carboxylic acids is 1. The van der Waals surface area contributed by atoms with Gasteiger partial charge in [0.1, 0.15) is 11.8 Å². The van der Waals surface area contributed by atoms with E-state index < -0.39 is 17.9 Å². The van der Waals surface area contributed by atoms with Crippen molar-refractivity contribution in [2.24, 2.45) is 5.92 Å². The molecule has 0 bridgehead atoms. The summed E-state index contributed by atoms with van der Waals surface area (Å²) in [6, 6.07) is 17.5. The molecule has 0 fully saturated rings. The maximum Gasteiger partial charge on any atom is 0.326 e. The molecule has 3 aromatic carbocycles. The van der Waals surface area contributed by atoms with Crippen LogP contribution in [0.4, 0.5) is 0 Å². The Labute approximate surface area is 183 Å². The summed E-state index contributed by atoms with van der Waals surface area (Å²) in [6.07, 6.45) is 0. The fourth-order valence-electron chi connectivity index (χ4n) is 3.14. The van der Waals surface area contributed by atoms with Gasteiger partial charge in [0.2, 0.25) is 0 Å². The van der Waals surface area contributed by atoms with E-state index in [9.17, 15) is 14.7 Å². The molecule has 0 aliphatic heterocycles. The molecule has 0 unspecified atom stereocenters. The third-order valence-electron chi connectivity index (χ3n) is 4.81. The Hall–Kier alpha value is -3.78. The highest BCUT2D eigenvalue weighted by molar-refractivity contribution is 6.04. The standard InChI is InChI=1S/C25H23NO4.CH4/c1-16(2)23(25(28)29)26-24(27)22-15-11-18-6-4-5-7-20(18)21(22)14-10-17-8-12-19(30-3)13-9-17;/h4-9,11-13,15-16,23H,1-3H3,(H,26,27)(H,28,29);1H4/t23-;/m0./s1. The molecule has 1 amide bonds. The summed E-state index contributed by atoms with van der Waals surface area (Å²) in [7, 11) is 1.60. The predicted octanol–water partition coefficient (Wildman–Crippen LogP) is 4.72. The van der Waals surface area contributed by atoms with Gasteiger partial charge in [0, 0.05) is 11.1 Å². The second-order valence-corrected chi connectivity index (χ2v) is 7.22. The Morgan fingerprint density at radius 1 is 0.968 bits per heavy atom. The Kier molecular flexibility index (Phi) is 7.81. The summed E-state index contributed by atoms with van der Waals surface area (Å²) in [6.45, 7) is 3.51. The van der Waals surface area contributed by atoms with Crippen LogP contribution in [0, 0.1) is 17.8 Å². The van der Waals surface area contributed by atoms with Crippen molar-refractivity contribution in [1.82, 2.24) is 5.32 Å². The molecule has 0 aliphatic carbocycles. The van der Waals surface area contributed by atoms with Crippen LogP contribution in [0.5, 0.6) is 5.75 Å². The number of carbonyl (C=O) groups is 2. The maximum atomic E-state index is 13.0. The second-order valence-electron chi connectivity index (χ2n) is 7.22. The molecule has 0 radical (unpaired) electrons. The average Bonchev–Trinajstić information content (AvgIpc) is 2.75. The number of rotatable bonds is 5. The van der Waals surface area contributed by atoms with E-state index in [1.807, 2.05) is 54.6 Å². The van der Waals surface area contributed by atoms with E-state index in [1.54, 1.807) is 27.0 Å². The first-order valence-corrected chi connectivity index (χ1v) is 9.62. The van der Waals surface area contributed by atoms with Crippen molar-refractivity contribution in [3.63, 3.8) is 0 Å². The second kappa shape index (κ2) is 10.3. The van der Waals surface area contributed by atoms with Crippen molar-refractivity contribution in [3.05, 3.63) is 77.4 Å². The molecule has 0 aromatic heterocycles. The van der Waals surface area contributed by atoms with E-state index in [-0.39, 0.29) is 13.3 Å². The van der Waals surface area contributed by atoms with Crippen LogP contribution >= 0.6 is 0 Å². The van der Waals surface area contributed by atoms with Gasteiger partial charge in [-0.25, -0.2) is 4.79 Å². The summed E-state index contributed by atoms with van der Waals surface area (Å²) in [5, 5.41) is 13.8. The lowest BCUT2D eigenvalue weighted by molar-refractivity contribution is -0.140. The molecule has 2 N–H and O–H groups in total. The number of benzene rings is 3. The van der Waals surface area contributed by atoms with Crippen LogP contribution in [0.25, 0.3) is 10.8 Å². The zero-order valence-corrected chi connectivity index (χ0v) is 17.1. The maximum absolute atomic E-state index is 13.0. The van der Waals surface area contributed by atoms with Crippen LogP contribution in [0.3, 0.4) is 0 Å². The highest BCUT2D eigenvalue weighted by atomic mass is 16.5. The molecule has 0 heterocycles. The van der Waals surface area contributed by atoms with Gasteiger partial charge >= 0.3 is 5.97 Å². The summed E-state index contributed by atoms with van der Waals surface area (Å²) < 4.78 is 5.17. The molecular formula is C26H27NO4. The number of amides is 1. The lowest BCUT2D eigenvalue weighted by Crippen LogP contribution is -2.44. The molecular weight excluding hydrogens is 390 g/mol. The predicted molar refractivity (Wildman–Crippen MR) is 123 cm³/mol. The Balaban J connectivity index is 0.00000341. The lowest BCUT2D eigenvalue weighted by Gasteiger charge is -2.18. The van der Waals surface area contributed by atoms with Crippen molar-refractivity contribution in [1.29, 1.82) is 0 Å². The third kappa shape index (κ3) is 5.43. The van der Waals surface area contributed by atoms with E-state index in [2.05, 4.69) is 17.2 Å². The molecule has 5 heteroatoms. The van der Waals surface area contributed by atoms with Crippen molar-refractivity contribution in [2.75, 3.05) is 7.11 Å². The minimum Gasteiger partial charge on any atom is -0.497 e. The highest BCUT2D eigenvalue weighted by Gasteiger charge is 2.25. The number of carboxylic acid groups (broad SMARTS) is 1.